The number of hydrogen-bond acceptors (Lipinski definition) is 4. The predicted molar refractivity (Wildman–Crippen MR) is 90.0 cm³/mol. The summed E-state index contributed by atoms with van der Waals surface area (Å²) in [6.45, 7) is 0. The third-order valence-corrected chi connectivity index (χ3v) is 3.41. The van der Waals surface area contributed by atoms with Gasteiger partial charge in [0.25, 0.3) is 0 Å². The van der Waals surface area contributed by atoms with Crippen LogP contribution in [-0.4, -0.2) is 20.3 Å². The normalized spacial score (nSPS) is 11.0. The fourth-order valence-electron chi connectivity index (χ4n) is 2.33. The molecule has 0 aliphatic rings. The molecule has 0 amide bonds. The monoisotopic (exact) mass is 305 g/mol. The summed E-state index contributed by atoms with van der Waals surface area (Å²) in [5.41, 5.74) is 3.16. The first-order valence-corrected chi connectivity index (χ1v) is 7.06. The first kappa shape index (κ1) is 14.7. The highest BCUT2D eigenvalue weighted by atomic mass is 16.3. The molecule has 2 aromatic carbocycles. The molecule has 1 heterocycles. The van der Waals surface area contributed by atoms with Crippen LogP contribution in [0.1, 0.15) is 11.1 Å². The van der Waals surface area contributed by atoms with Crippen LogP contribution < -0.4 is 0 Å². The summed E-state index contributed by atoms with van der Waals surface area (Å²) < 4.78 is 0. The lowest BCUT2D eigenvalue weighted by molar-refractivity contribution is 0.450. The minimum Gasteiger partial charge on any atom is -0.508 e. The van der Waals surface area contributed by atoms with Crippen LogP contribution in [0, 0.1) is 0 Å². The lowest BCUT2D eigenvalue weighted by Crippen LogP contribution is -1.82. The molecule has 0 spiro atoms. The SMILES string of the molecule is Oc1cc(O)cc(/C=C/c2ccc(O)c(-c3ccncc3)c2)c1. The molecule has 3 aromatic rings. The van der Waals surface area contributed by atoms with E-state index in [-0.39, 0.29) is 17.2 Å². The van der Waals surface area contributed by atoms with E-state index in [1.807, 2.05) is 24.3 Å². The van der Waals surface area contributed by atoms with Gasteiger partial charge in [-0.25, -0.2) is 0 Å². The molecule has 23 heavy (non-hydrogen) atoms. The Balaban J connectivity index is 1.93. The maximum Gasteiger partial charge on any atom is 0.123 e. The van der Waals surface area contributed by atoms with Gasteiger partial charge in [0, 0.05) is 24.0 Å². The molecular formula is C19H15NO3. The van der Waals surface area contributed by atoms with Crippen molar-refractivity contribution >= 4 is 12.2 Å². The number of hydrogen-bond donors (Lipinski definition) is 3. The number of aromatic hydroxyl groups is 3. The van der Waals surface area contributed by atoms with Gasteiger partial charge in [-0.1, -0.05) is 18.2 Å². The molecule has 0 aliphatic heterocycles. The van der Waals surface area contributed by atoms with Gasteiger partial charge in [-0.3, -0.25) is 4.98 Å². The number of phenols is 3. The van der Waals surface area contributed by atoms with Crippen molar-refractivity contribution in [2.45, 2.75) is 0 Å². The molecule has 4 heteroatoms. The van der Waals surface area contributed by atoms with Gasteiger partial charge in [0.1, 0.15) is 17.2 Å². The van der Waals surface area contributed by atoms with E-state index in [2.05, 4.69) is 4.98 Å². The second kappa shape index (κ2) is 6.23. The first-order chi connectivity index (χ1) is 11.1. The van der Waals surface area contributed by atoms with E-state index in [0.29, 0.717) is 11.1 Å². The summed E-state index contributed by atoms with van der Waals surface area (Å²) in [4.78, 5) is 3.97. The van der Waals surface area contributed by atoms with Crippen LogP contribution in [0.4, 0.5) is 0 Å². The molecule has 0 saturated carbocycles. The summed E-state index contributed by atoms with van der Waals surface area (Å²) in [5, 5.41) is 29.0. The summed E-state index contributed by atoms with van der Waals surface area (Å²) in [6.07, 6.45) is 6.97. The largest absolute Gasteiger partial charge is 0.508 e. The van der Waals surface area contributed by atoms with Crippen molar-refractivity contribution < 1.29 is 15.3 Å². The van der Waals surface area contributed by atoms with Crippen molar-refractivity contribution in [2.75, 3.05) is 0 Å². The van der Waals surface area contributed by atoms with Crippen molar-refractivity contribution in [1.82, 2.24) is 4.98 Å². The second-order valence-electron chi connectivity index (χ2n) is 5.13. The molecule has 4 nitrogen and oxygen atoms in total. The average molecular weight is 305 g/mol. The Hall–Kier alpha value is -3.27. The van der Waals surface area contributed by atoms with Crippen molar-refractivity contribution in [2.24, 2.45) is 0 Å². The average Bonchev–Trinajstić information content (AvgIpc) is 2.54. The summed E-state index contributed by atoms with van der Waals surface area (Å²) >= 11 is 0. The van der Waals surface area contributed by atoms with Crippen LogP contribution >= 0.6 is 0 Å². The van der Waals surface area contributed by atoms with Gasteiger partial charge in [-0.2, -0.15) is 0 Å². The van der Waals surface area contributed by atoms with Crippen LogP contribution in [0.15, 0.2) is 60.9 Å². The van der Waals surface area contributed by atoms with Gasteiger partial charge >= 0.3 is 0 Å². The van der Waals surface area contributed by atoms with Gasteiger partial charge in [0.2, 0.25) is 0 Å². The maximum atomic E-state index is 10.0. The molecule has 0 unspecified atom stereocenters. The lowest BCUT2D eigenvalue weighted by atomic mass is 10.0. The number of nitrogens with zero attached hydrogens (tertiary/aromatic N) is 1. The highest BCUT2D eigenvalue weighted by molar-refractivity contribution is 5.77. The third-order valence-electron chi connectivity index (χ3n) is 3.41. The smallest absolute Gasteiger partial charge is 0.123 e. The molecule has 0 saturated heterocycles. The maximum absolute atomic E-state index is 10.0. The van der Waals surface area contributed by atoms with Crippen molar-refractivity contribution in [3.05, 3.63) is 72.1 Å². The zero-order chi connectivity index (χ0) is 16.2. The number of rotatable bonds is 3. The molecule has 114 valence electrons. The molecule has 0 aliphatic carbocycles. The topological polar surface area (TPSA) is 73.6 Å². The van der Waals surface area contributed by atoms with E-state index in [1.54, 1.807) is 42.7 Å². The van der Waals surface area contributed by atoms with Crippen LogP contribution in [0.2, 0.25) is 0 Å². The van der Waals surface area contributed by atoms with E-state index in [9.17, 15) is 15.3 Å². The van der Waals surface area contributed by atoms with E-state index in [0.717, 1.165) is 11.1 Å². The lowest BCUT2D eigenvalue weighted by Gasteiger charge is -2.06. The molecule has 0 bridgehead atoms. The minimum absolute atomic E-state index is 0.00725. The standard InChI is InChI=1S/C19H15NO3/c21-16-9-14(10-17(22)12-16)2-1-13-3-4-19(23)18(11-13)15-5-7-20-8-6-15/h1-12,21-23H/b2-1+. The Morgan fingerprint density at radius 1 is 0.696 bits per heavy atom. The molecule has 1 aromatic heterocycles. The Morgan fingerprint density at radius 2 is 1.35 bits per heavy atom. The predicted octanol–water partition coefficient (Wildman–Crippen LogP) is 4.04. The summed E-state index contributed by atoms with van der Waals surface area (Å²) in [7, 11) is 0. The molecule has 0 radical (unpaired) electrons. The summed E-state index contributed by atoms with van der Waals surface area (Å²) in [6, 6.07) is 13.3. The second-order valence-corrected chi connectivity index (χ2v) is 5.13. The fraction of sp³-hybridized carbons (Fsp3) is 0. The zero-order valence-electron chi connectivity index (χ0n) is 12.2. The highest BCUT2D eigenvalue weighted by Crippen LogP contribution is 2.30. The Kier molecular flexibility index (Phi) is 3.97. The Labute approximate surface area is 133 Å². The van der Waals surface area contributed by atoms with Crippen molar-refractivity contribution in [3.63, 3.8) is 0 Å². The first-order valence-electron chi connectivity index (χ1n) is 7.06. The molecular weight excluding hydrogens is 290 g/mol. The van der Waals surface area contributed by atoms with E-state index < -0.39 is 0 Å². The minimum atomic E-state index is 0.00725. The fourth-order valence-corrected chi connectivity index (χ4v) is 2.33. The summed E-state index contributed by atoms with van der Waals surface area (Å²) in [5.74, 6) is 0.212. The quantitative estimate of drug-likeness (QED) is 0.639. The number of pyridine rings is 1. The van der Waals surface area contributed by atoms with Crippen LogP contribution in [0.3, 0.4) is 0 Å². The van der Waals surface area contributed by atoms with Crippen molar-refractivity contribution in [1.29, 1.82) is 0 Å². The molecule has 3 N–H and O–H groups in total. The van der Waals surface area contributed by atoms with Crippen LogP contribution in [0.5, 0.6) is 17.2 Å². The van der Waals surface area contributed by atoms with Crippen LogP contribution in [0.25, 0.3) is 23.3 Å². The highest BCUT2D eigenvalue weighted by Gasteiger charge is 2.04. The number of phenolic OH excluding ortho intramolecular Hbond substituents is 3. The van der Waals surface area contributed by atoms with Gasteiger partial charge in [-0.15, -0.1) is 0 Å². The molecule has 0 fully saturated rings. The Morgan fingerprint density at radius 3 is 2.04 bits per heavy atom. The van der Waals surface area contributed by atoms with Gasteiger partial charge in [-0.05, 0) is 53.1 Å². The number of benzene rings is 2. The van der Waals surface area contributed by atoms with Crippen LogP contribution in [-0.2, 0) is 0 Å². The molecule has 3 rings (SSSR count). The van der Waals surface area contributed by atoms with E-state index in [1.165, 1.54) is 6.07 Å². The van der Waals surface area contributed by atoms with Gasteiger partial charge < -0.3 is 15.3 Å². The van der Waals surface area contributed by atoms with E-state index in [4.69, 9.17) is 0 Å². The van der Waals surface area contributed by atoms with E-state index >= 15 is 0 Å². The van der Waals surface area contributed by atoms with Crippen molar-refractivity contribution in [3.8, 4) is 28.4 Å². The Bertz CT molecular complexity index is 837. The van der Waals surface area contributed by atoms with Gasteiger partial charge in [0.15, 0.2) is 0 Å². The molecule has 0 atom stereocenters. The third kappa shape index (κ3) is 3.49. The van der Waals surface area contributed by atoms with Gasteiger partial charge in [0.05, 0.1) is 0 Å². The zero-order valence-corrected chi connectivity index (χ0v) is 12.2. The number of aromatic nitrogens is 1.